The molecule has 1 aromatic heterocycles. The molecule has 1 atom stereocenters. The highest BCUT2D eigenvalue weighted by Gasteiger charge is 2.12. The van der Waals surface area contributed by atoms with Crippen molar-refractivity contribution < 1.29 is 9.90 Å². The Kier molecular flexibility index (Phi) is 3.49. The molecule has 0 amide bonds. The topological polar surface area (TPSA) is 45.1 Å². The SMILES string of the molecule is O=C([O-])CC(c1ccc(Cl)cc1)n1cccc1. The fraction of sp³-hybridized carbons (Fsp3) is 0.154. The van der Waals surface area contributed by atoms with E-state index in [4.69, 9.17) is 11.6 Å². The van der Waals surface area contributed by atoms with E-state index < -0.39 is 5.97 Å². The van der Waals surface area contributed by atoms with Gasteiger partial charge in [-0.2, -0.15) is 0 Å². The van der Waals surface area contributed by atoms with Crippen LogP contribution < -0.4 is 5.11 Å². The highest BCUT2D eigenvalue weighted by Crippen LogP contribution is 2.23. The lowest BCUT2D eigenvalue weighted by Gasteiger charge is -2.20. The van der Waals surface area contributed by atoms with E-state index in [9.17, 15) is 9.90 Å². The molecule has 1 aromatic carbocycles. The summed E-state index contributed by atoms with van der Waals surface area (Å²) in [5.74, 6) is -1.07. The van der Waals surface area contributed by atoms with Gasteiger partial charge in [0.05, 0.1) is 6.04 Å². The zero-order valence-electron chi connectivity index (χ0n) is 9.04. The lowest BCUT2D eigenvalue weighted by Crippen LogP contribution is -2.26. The van der Waals surface area contributed by atoms with Gasteiger partial charge in [-0.05, 0) is 29.8 Å². The zero-order valence-corrected chi connectivity index (χ0v) is 9.80. The number of nitrogens with zero attached hydrogens (tertiary/aromatic N) is 1. The second-order valence-corrected chi connectivity index (χ2v) is 4.21. The van der Waals surface area contributed by atoms with E-state index in [1.165, 1.54) is 0 Å². The van der Waals surface area contributed by atoms with Gasteiger partial charge in [0.2, 0.25) is 0 Å². The van der Waals surface area contributed by atoms with Crippen LogP contribution in [0.3, 0.4) is 0 Å². The minimum atomic E-state index is -1.07. The second kappa shape index (κ2) is 5.06. The Balaban J connectivity index is 2.33. The number of aromatic nitrogens is 1. The van der Waals surface area contributed by atoms with Crippen molar-refractivity contribution in [1.82, 2.24) is 4.57 Å². The minimum absolute atomic E-state index is 0.0592. The third-order valence-corrected chi connectivity index (χ3v) is 2.85. The molecule has 0 radical (unpaired) electrons. The maximum atomic E-state index is 10.8. The first kappa shape index (κ1) is 11.7. The summed E-state index contributed by atoms with van der Waals surface area (Å²) in [4.78, 5) is 10.8. The summed E-state index contributed by atoms with van der Waals surface area (Å²) in [5, 5.41) is 11.4. The van der Waals surface area contributed by atoms with Gasteiger partial charge in [-0.15, -0.1) is 0 Å². The minimum Gasteiger partial charge on any atom is -0.550 e. The largest absolute Gasteiger partial charge is 0.550 e. The number of carbonyl (C=O) groups is 1. The van der Waals surface area contributed by atoms with Gasteiger partial charge in [-0.3, -0.25) is 0 Å². The molecule has 0 aliphatic heterocycles. The van der Waals surface area contributed by atoms with Crippen molar-refractivity contribution in [1.29, 1.82) is 0 Å². The molecule has 17 heavy (non-hydrogen) atoms. The molecule has 2 aromatic rings. The molecule has 0 bridgehead atoms. The first-order chi connectivity index (χ1) is 8.16. The van der Waals surface area contributed by atoms with Crippen LogP contribution >= 0.6 is 11.6 Å². The quantitative estimate of drug-likeness (QED) is 0.829. The predicted octanol–water partition coefficient (Wildman–Crippen LogP) is 1.87. The Morgan fingerprint density at radius 3 is 2.35 bits per heavy atom. The van der Waals surface area contributed by atoms with Crippen molar-refractivity contribution >= 4 is 17.6 Å². The molecule has 0 saturated carbocycles. The Morgan fingerprint density at radius 2 is 1.82 bits per heavy atom. The summed E-state index contributed by atoms with van der Waals surface area (Å²) in [7, 11) is 0. The number of carboxylic acid groups (broad SMARTS) is 1. The van der Waals surface area contributed by atoms with E-state index in [1.54, 1.807) is 12.1 Å². The molecule has 88 valence electrons. The molecule has 0 N–H and O–H groups in total. The normalized spacial score (nSPS) is 12.3. The Hall–Kier alpha value is -1.74. The van der Waals surface area contributed by atoms with Crippen LogP contribution in [0.4, 0.5) is 0 Å². The average molecular weight is 249 g/mol. The van der Waals surface area contributed by atoms with Crippen molar-refractivity contribution in [3.63, 3.8) is 0 Å². The monoisotopic (exact) mass is 248 g/mol. The van der Waals surface area contributed by atoms with E-state index in [2.05, 4.69) is 0 Å². The van der Waals surface area contributed by atoms with Crippen molar-refractivity contribution in [3.8, 4) is 0 Å². The molecule has 0 aliphatic carbocycles. The first-order valence-corrected chi connectivity index (χ1v) is 5.62. The summed E-state index contributed by atoms with van der Waals surface area (Å²) in [5.41, 5.74) is 0.898. The van der Waals surface area contributed by atoms with Gasteiger partial charge < -0.3 is 14.5 Å². The molecule has 0 fully saturated rings. The molecule has 1 heterocycles. The summed E-state index contributed by atoms with van der Waals surface area (Å²) < 4.78 is 1.85. The van der Waals surface area contributed by atoms with Crippen molar-refractivity contribution in [2.75, 3.05) is 0 Å². The summed E-state index contributed by atoms with van der Waals surface area (Å²) in [6.07, 6.45) is 3.61. The molecule has 2 rings (SSSR count). The van der Waals surface area contributed by atoms with Crippen LogP contribution in [-0.2, 0) is 4.79 Å². The van der Waals surface area contributed by atoms with Gasteiger partial charge >= 0.3 is 0 Å². The van der Waals surface area contributed by atoms with E-state index in [-0.39, 0.29) is 12.5 Å². The van der Waals surface area contributed by atoms with E-state index in [0.29, 0.717) is 5.02 Å². The van der Waals surface area contributed by atoms with Crippen LogP contribution in [-0.4, -0.2) is 10.5 Å². The lowest BCUT2D eigenvalue weighted by atomic mass is 10.0. The number of hydrogen-bond acceptors (Lipinski definition) is 2. The second-order valence-electron chi connectivity index (χ2n) is 3.77. The van der Waals surface area contributed by atoms with E-state index in [1.807, 2.05) is 41.2 Å². The Labute approximate surface area is 104 Å². The number of aliphatic carboxylic acids is 1. The Bertz CT molecular complexity index is 491. The molecule has 0 aliphatic rings. The summed E-state index contributed by atoms with van der Waals surface area (Å²) in [6, 6.07) is 10.6. The zero-order chi connectivity index (χ0) is 12.3. The average Bonchev–Trinajstić information content (AvgIpc) is 2.80. The molecular weight excluding hydrogens is 238 g/mol. The lowest BCUT2D eigenvalue weighted by molar-refractivity contribution is -0.306. The molecule has 1 unspecified atom stereocenters. The number of halogens is 1. The summed E-state index contributed by atoms with van der Waals surface area (Å²) in [6.45, 7) is 0. The van der Waals surface area contributed by atoms with Crippen LogP contribution in [0.2, 0.25) is 5.02 Å². The van der Waals surface area contributed by atoms with Crippen molar-refractivity contribution in [2.24, 2.45) is 0 Å². The number of benzene rings is 1. The number of rotatable bonds is 4. The van der Waals surface area contributed by atoms with Crippen LogP contribution in [0.15, 0.2) is 48.8 Å². The van der Waals surface area contributed by atoms with Gasteiger partial charge in [0.1, 0.15) is 0 Å². The van der Waals surface area contributed by atoms with E-state index >= 15 is 0 Å². The van der Waals surface area contributed by atoms with Gasteiger partial charge in [0.15, 0.2) is 0 Å². The van der Waals surface area contributed by atoms with E-state index in [0.717, 1.165) is 5.56 Å². The van der Waals surface area contributed by atoms with Gasteiger partial charge in [0, 0.05) is 29.8 Å². The van der Waals surface area contributed by atoms with Crippen molar-refractivity contribution in [2.45, 2.75) is 12.5 Å². The Morgan fingerprint density at radius 1 is 1.24 bits per heavy atom. The predicted molar refractivity (Wildman–Crippen MR) is 63.6 cm³/mol. The first-order valence-electron chi connectivity index (χ1n) is 5.24. The third-order valence-electron chi connectivity index (χ3n) is 2.60. The summed E-state index contributed by atoms with van der Waals surface area (Å²) >= 11 is 5.81. The molecule has 4 heteroatoms. The maximum absolute atomic E-state index is 10.8. The van der Waals surface area contributed by atoms with Crippen LogP contribution in [0.25, 0.3) is 0 Å². The van der Waals surface area contributed by atoms with Crippen LogP contribution in [0.5, 0.6) is 0 Å². The highest BCUT2D eigenvalue weighted by atomic mass is 35.5. The third kappa shape index (κ3) is 2.88. The fourth-order valence-electron chi connectivity index (χ4n) is 1.79. The number of carbonyl (C=O) groups excluding carboxylic acids is 1. The molecule has 0 spiro atoms. The van der Waals surface area contributed by atoms with Crippen molar-refractivity contribution in [3.05, 3.63) is 59.4 Å². The van der Waals surface area contributed by atoms with Gasteiger partial charge in [-0.1, -0.05) is 23.7 Å². The fourth-order valence-corrected chi connectivity index (χ4v) is 1.92. The molecule has 3 nitrogen and oxygen atoms in total. The smallest absolute Gasteiger partial charge is 0.0632 e. The van der Waals surface area contributed by atoms with Gasteiger partial charge in [-0.25, -0.2) is 0 Å². The standard InChI is InChI=1S/C13H12ClNO2/c14-11-5-3-10(4-6-11)12(9-13(16)17)15-7-1-2-8-15/h1-8,12H,9H2,(H,16,17)/p-1. The van der Waals surface area contributed by atoms with Crippen LogP contribution in [0, 0.1) is 0 Å². The number of hydrogen-bond donors (Lipinski definition) is 0. The van der Waals surface area contributed by atoms with Crippen LogP contribution in [0.1, 0.15) is 18.0 Å². The molecular formula is C13H11ClNO2-. The highest BCUT2D eigenvalue weighted by molar-refractivity contribution is 6.30. The number of carboxylic acids is 1. The van der Waals surface area contributed by atoms with Gasteiger partial charge in [0.25, 0.3) is 0 Å². The molecule has 0 saturated heterocycles. The maximum Gasteiger partial charge on any atom is 0.0632 e.